The van der Waals surface area contributed by atoms with E-state index in [2.05, 4.69) is 10.4 Å². The van der Waals surface area contributed by atoms with Crippen LogP contribution in [0.3, 0.4) is 0 Å². The maximum absolute atomic E-state index is 11.7. The number of benzene rings is 1. The molecule has 0 atom stereocenters. The maximum Gasteiger partial charge on any atom is 0.257 e. The molecular weight excluding hydrogens is 268 g/mol. The Kier molecular flexibility index (Phi) is 5.34. The van der Waals surface area contributed by atoms with Crippen LogP contribution in [0.4, 0.5) is 0 Å². The molecule has 3 N–H and O–H groups in total. The van der Waals surface area contributed by atoms with Crippen LogP contribution in [0, 0.1) is 0 Å². The highest BCUT2D eigenvalue weighted by molar-refractivity contribution is 5.77. The summed E-state index contributed by atoms with van der Waals surface area (Å²) in [5.74, 6) is 0.508. The number of rotatable bonds is 7. The Labute approximate surface area is 123 Å². The van der Waals surface area contributed by atoms with Crippen molar-refractivity contribution in [1.29, 1.82) is 0 Å². The lowest BCUT2D eigenvalue weighted by Crippen LogP contribution is -2.30. The van der Waals surface area contributed by atoms with Gasteiger partial charge in [-0.15, -0.1) is 0 Å². The van der Waals surface area contributed by atoms with Crippen LogP contribution in [0.25, 0.3) is 0 Å². The van der Waals surface area contributed by atoms with Crippen LogP contribution in [-0.4, -0.2) is 28.8 Å². The maximum atomic E-state index is 11.7. The van der Waals surface area contributed by atoms with Gasteiger partial charge in [-0.25, -0.2) is 0 Å². The molecule has 1 amide bonds. The minimum atomic E-state index is -0.147. The second-order valence-electron chi connectivity index (χ2n) is 4.72. The van der Waals surface area contributed by atoms with Gasteiger partial charge in [-0.2, -0.15) is 5.10 Å². The van der Waals surface area contributed by atoms with E-state index in [1.165, 1.54) is 0 Å². The minimum Gasteiger partial charge on any atom is -0.483 e. The zero-order valence-electron chi connectivity index (χ0n) is 12.1. The van der Waals surface area contributed by atoms with E-state index >= 15 is 0 Å². The molecule has 0 saturated carbocycles. The second-order valence-corrected chi connectivity index (χ2v) is 4.72. The van der Waals surface area contributed by atoms with Crippen molar-refractivity contribution in [2.24, 2.45) is 12.8 Å². The van der Waals surface area contributed by atoms with Crippen molar-refractivity contribution in [3.05, 3.63) is 47.8 Å². The molecule has 0 unspecified atom stereocenters. The Morgan fingerprint density at radius 3 is 2.95 bits per heavy atom. The number of nitrogens with zero attached hydrogens (tertiary/aromatic N) is 2. The Hall–Kier alpha value is -2.34. The first kappa shape index (κ1) is 15.1. The lowest BCUT2D eigenvalue weighted by Gasteiger charge is -2.10. The van der Waals surface area contributed by atoms with E-state index < -0.39 is 0 Å². The molecule has 21 heavy (non-hydrogen) atoms. The zero-order valence-corrected chi connectivity index (χ0v) is 12.1. The van der Waals surface area contributed by atoms with E-state index in [-0.39, 0.29) is 12.5 Å². The highest BCUT2D eigenvalue weighted by atomic mass is 16.5. The van der Waals surface area contributed by atoms with E-state index in [1.807, 2.05) is 37.5 Å². The number of nitrogens with two attached hydrogens (primary N) is 1. The number of aromatic nitrogens is 2. The van der Waals surface area contributed by atoms with Gasteiger partial charge in [0.1, 0.15) is 5.75 Å². The molecule has 2 rings (SSSR count). The average molecular weight is 288 g/mol. The second kappa shape index (κ2) is 7.44. The molecule has 0 fully saturated rings. The van der Waals surface area contributed by atoms with Gasteiger partial charge in [0.15, 0.2) is 6.61 Å². The molecule has 2 aromatic rings. The predicted molar refractivity (Wildman–Crippen MR) is 79.8 cm³/mol. The van der Waals surface area contributed by atoms with Crippen LogP contribution in [0.1, 0.15) is 11.1 Å². The summed E-state index contributed by atoms with van der Waals surface area (Å²) in [5, 5.41) is 6.89. The van der Waals surface area contributed by atoms with E-state index in [4.69, 9.17) is 10.5 Å². The third-order valence-electron chi connectivity index (χ3n) is 3.05. The predicted octanol–water partition coefficient (Wildman–Crippen LogP) is 0.616. The topological polar surface area (TPSA) is 82.2 Å². The summed E-state index contributed by atoms with van der Waals surface area (Å²) in [6.07, 6.45) is 4.47. The first-order valence-corrected chi connectivity index (χ1v) is 6.84. The Morgan fingerprint density at radius 1 is 1.43 bits per heavy atom. The molecule has 0 spiro atoms. The standard InChI is InChI=1S/C15H20N4O2/c1-19-10-12(9-18-19)6-7-17-15(20)11-21-14-5-3-2-4-13(14)8-16/h2-5,9-10H,6-8,11,16H2,1H3,(H,17,20). The van der Waals surface area contributed by atoms with Crippen LogP contribution in [0.2, 0.25) is 0 Å². The van der Waals surface area contributed by atoms with Crippen molar-refractivity contribution in [3.63, 3.8) is 0 Å². The third kappa shape index (κ3) is 4.61. The first-order valence-electron chi connectivity index (χ1n) is 6.84. The average Bonchev–Trinajstić information content (AvgIpc) is 2.91. The smallest absolute Gasteiger partial charge is 0.257 e. The SMILES string of the molecule is Cn1cc(CCNC(=O)COc2ccccc2CN)cn1. The first-order chi connectivity index (χ1) is 10.2. The number of para-hydroxylation sites is 1. The van der Waals surface area contributed by atoms with Gasteiger partial charge >= 0.3 is 0 Å². The van der Waals surface area contributed by atoms with Gasteiger partial charge in [-0.3, -0.25) is 9.48 Å². The molecule has 1 heterocycles. The van der Waals surface area contributed by atoms with Gasteiger partial charge < -0.3 is 15.8 Å². The Morgan fingerprint density at radius 2 is 2.24 bits per heavy atom. The number of aryl methyl sites for hydroxylation is 1. The molecule has 0 radical (unpaired) electrons. The number of hydrogen-bond donors (Lipinski definition) is 2. The van der Waals surface area contributed by atoms with Crippen molar-refractivity contribution < 1.29 is 9.53 Å². The van der Waals surface area contributed by atoms with E-state index in [1.54, 1.807) is 10.9 Å². The van der Waals surface area contributed by atoms with Crippen molar-refractivity contribution >= 4 is 5.91 Å². The monoisotopic (exact) mass is 288 g/mol. The van der Waals surface area contributed by atoms with Crippen LogP contribution >= 0.6 is 0 Å². The van der Waals surface area contributed by atoms with Crippen molar-refractivity contribution in [1.82, 2.24) is 15.1 Å². The van der Waals surface area contributed by atoms with Gasteiger partial charge in [0.05, 0.1) is 6.20 Å². The van der Waals surface area contributed by atoms with E-state index in [9.17, 15) is 4.79 Å². The minimum absolute atomic E-state index is 0.00987. The molecule has 6 heteroatoms. The number of carbonyl (C=O) groups excluding carboxylic acids is 1. The molecule has 112 valence electrons. The van der Waals surface area contributed by atoms with Crippen molar-refractivity contribution in [2.75, 3.05) is 13.2 Å². The lowest BCUT2D eigenvalue weighted by atomic mass is 10.2. The van der Waals surface area contributed by atoms with Gasteiger partial charge in [0.25, 0.3) is 5.91 Å². The van der Waals surface area contributed by atoms with Gasteiger partial charge in [-0.1, -0.05) is 18.2 Å². The molecule has 1 aromatic heterocycles. The van der Waals surface area contributed by atoms with Gasteiger partial charge in [0, 0.05) is 31.9 Å². The van der Waals surface area contributed by atoms with Crippen LogP contribution in [-0.2, 0) is 24.8 Å². The molecular formula is C15H20N4O2. The summed E-state index contributed by atoms with van der Waals surface area (Å²) >= 11 is 0. The number of hydrogen-bond acceptors (Lipinski definition) is 4. The fraction of sp³-hybridized carbons (Fsp3) is 0.333. The highest BCUT2D eigenvalue weighted by Crippen LogP contribution is 2.16. The van der Waals surface area contributed by atoms with Crippen LogP contribution in [0.15, 0.2) is 36.7 Å². The number of amides is 1. The molecule has 0 aliphatic rings. The van der Waals surface area contributed by atoms with Gasteiger partial charge in [-0.05, 0) is 18.1 Å². The number of carbonyl (C=O) groups is 1. The fourth-order valence-corrected chi connectivity index (χ4v) is 1.95. The summed E-state index contributed by atoms with van der Waals surface area (Å²) < 4.78 is 7.23. The summed E-state index contributed by atoms with van der Waals surface area (Å²) in [4.78, 5) is 11.7. The third-order valence-corrected chi connectivity index (χ3v) is 3.05. The molecule has 1 aromatic carbocycles. The van der Waals surface area contributed by atoms with E-state index in [0.29, 0.717) is 18.8 Å². The zero-order chi connectivity index (χ0) is 15.1. The molecule has 0 bridgehead atoms. The van der Waals surface area contributed by atoms with Crippen LogP contribution in [0.5, 0.6) is 5.75 Å². The summed E-state index contributed by atoms with van der Waals surface area (Å²) in [5.41, 5.74) is 7.59. The van der Waals surface area contributed by atoms with Crippen LogP contribution < -0.4 is 15.8 Å². The number of ether oxygens (including phenoxy) is 1. The Balaban J connectivity index is 1.72. The molecule has 0 saturated heterocycles. The fourth-order valence-electron chi connectivity index (χ4n) is 1.95. The molecule has 0 aliphatic carbocycles. The highest BCUT2D eigenvalue weighted by Gasteiger charge is 2.05. The van der Waals surface area contributed by atoms with Gasteiger partial charge in [0.2, 0.25) is 0 Å². The lowest BCUT2D eigenvalue weighted by molar-refractivity contribution is -0.123. The summed E-state index contributed by atoms with van der Waals surface area (Å²) in [6.45, 7) is 0.940. The largest absolute Gasteiger partial charge is 0.483 e. The summed E-state index contributed by atoms with van der Waals surface area (Å²) in [7, 11) is 1.87. The molecule has 6 nitrogen and oxygen atoms in total. The quantitative estimate of drug-likeness (QED) is 0.782. The van der Waals surface area contributed by atoms with Crippen molar-refractivity contribution in [3.8, 4) is 5.75 Å². The summed E-state index contributed by atoms with van der Waals surface area (Å²) in [6, 6.07) is 7.44. The number of nitrogens with one attached hydrogen (secondary N) is 1. The van der Waals surface area contributed by atoms with Crippen molar-refractivity contribution in [2.45, 2.75) is 13.0 Å². The Bertz CT molecular complexity index is 595. The van der Waals surface area contributed by atoms with E-state index in [0.717, 1.165) is 17.5 Å². The molecule has 0 aliphatic heterocycles. The normalized spacial score (nSPS) is 10.4.